The van der Waals surface area contributed by atoms with Crippen molar-refractivity contribution in [2.75, 3.05) is 5.32 Å². The van der Waals surface area contributed by atoms with Crippen molar-refractivity contribution >= 4 is 21.7 Å². The molecule has 0 aliphatic heterocycles. The van der Waals surface area contributed by atoms with Crippen molar-refractivity contribution in [3.8, 4) is 0 Å². The van der Waals surface area contributed by atoms with Gasteiger partial charge in [-0.2, -0.15) is 5.21 Å². The molecular formula is C6H6BrN7. The first-order valence-electron chi connectivity index (χ1n) is 3.78. The van der Waals surface area contributed by atoms with E-state index in [0.29, 0.717) is 22.8 Å². The topological polar surface area (TPSA) is 92.3 Å². The lowest BCUT2D eigenvalue weighted by atomic mass is 10.5. The van der Waals surface area contributed by atoms with Crippen molar-refractivity contribution in [3.05, 3.63) is 22.8 Å². The van der Waals surface area contributed by atoms with Crippen molar-refractivity contribution in [2.24, 2.45) is 0 Å². The third kappa shape index (κ3) is 2.22. The summed E-state index contributed by atoms with van der Waals surface area (Å²) in [6, 6.07) is 0. The summed E-state index contributed by atoms with van der Waals surface area (Å²) in [5.41, 5.74) is 0. The highest BCUT2D eigenvalue weighted by atomic mass is 79.9. The molecule has 2 aromatic rings. The summed E-state index contributed by atoms with van der Waals surface area (Å²) < 4.78 is 0.697. The molecule has 0 fully saturated rings. The van der Waals surface area contributed by atoms with Crippen LogP contribution in [0.25, 0.3) is 0 Å². The van der Waals surface area contributed by atoms with E-state index < -0.39 is 0 Å². The average Bonchev–Trinajstić information content (AvgIpc) is 2.70. The quantitative estimate of drug-likeness (QED) is 0.823. The molecule has 0 atom stereocenters. The molecular weight excluding hydrogens is 250 g/mol. The van der Waals surface area contributed by atoms with Crippen molar-refractivity contribution in [3.63, 3.8) is 0 Å². The van der Waals surface area contributed by atoms with Gasteiger partial charge < -0.3 is 5.32 Å². The first-order valence-corrected chi connectivity index (χ1v) is 4.57. The van der Waals surface area contributed by atoms with Crippen LogP contribution in [0.1, 0.15) is 5.82 Å². The number of nitrogens with zero attached hydrogens (tertiary/aromatic N) is 5. The van der Waals surface area contributed by atoms with Crippen LogP contribution in [0.5, 0.6) is 0 Å². The van der Waals surface area contributed by atoms with Gasteiger partial charge in [-0.1, -0.05) is 5.21 Å². The minimum Gasteiger partial charge on any atom is -0.361 e. The smallest absolute Gasteiger partial charge is 0.193 e. The molecule has 2 aromatic heterocycles. The van der Waals surface area contributed by atoms with Crippen LogP contribution in [-0.2, 0) is 6.54 Å². The van der Waals surface area contributed by atoms with Gasteiger partial charge in [0.15, 0.2) is 5.82 Å². The fourth-order valence-corrected chi connectivity index (χ4v) is 1.04. The highest BCUT2D eigenvalue weighted by Crippen LogP contribution is 2.06. The third-order valence-electron chi connectivity index (χ3n) is 1.44. The van der Waals surface area contributed by atoms with Gasteiger partial charge in [0.1, 0.15) is 10.4 Å². The van der Waals surface area contributed by atoms with Crippen LogP contribution in [-0.4, -0.2) is 30.6 Å². The van der Waals surface area contributed by atoms with Crippen LogP contribution < -0.4 is 5.32 Å². The number of tetrazole rings is 1. The molecule has 2 rings (SSSR count). The molecule has 8 heteroatoms. The average molecular weight is 256 g/mol. The van der Waals surface area contributed by atoms with E-state index in [4.69, 9.17) is 0 Å². The summed E-state index contributed by atoms with van der Waals surface area (Å²) in [4.78, 5) is 8.08. The number of rotatable bonds is 3. The normalized spacial score (nSPS) is 10.1. The van der Waals surface area contributed by atoms with Crippen molar-refractivity contribution in [1.82, 2.24) is 30.6 Å². The maximum absolute atomic E-state index is 4.07. The highest BCUT2D eigenvalue weighted by Gasteiger charge is 1.98. The Balaban J connectivity index is 1.95. The van der Waals surface area contributed by atoms with Crippen molar-refractivity contribution in [1.29, 1.82) is 0 Å². The molecule has 0 aliphatic rings. The molecule has 0 aliphatic carbocycles. The van der Waals surface area contributed by atoms with Gasteiger partial charge in [0.05, 0.1) is 18.9 Å². The van der Waals surface area contributed by atoms with E-state index in [0.717, 1.165) is 0 Å². The zero-order valence-corrected chi connectivity index (χ0v) is 8.56. The van der Waals surface area contributed by atoms with E-state index in [9.17, 15) is 0 Å². The standard InChI is InChI=1S/C6H6BrN7/c7-4-1-9-5(2-8-4)10-3-6-11-13-14-12-6/h1-2H,3H2,(H,9,10)(H,11,12,13,14). The van der Waals surface area contributed by atoms with E-state index >= 15 is 0 Å². The van der Waals surface area contributed by atoms with E-state index in [2.05, 4.69) is 51.8 Å². The molecule has 14 heavy (non-hydrogen) atoms. The maximum atomic E-state index is 4.07. The summed E-state index contributed by atoms with van der Waals surface area (Å²) in [5, 5.41) is 16.3. The number of nitrogens with one attached hydrogen (secondary N) is 2. The van der Waals surface area contributed by atoms with Crippen molar-refractivity contribution in [2.45, 2.75) is 6.54 Å². The van der Waals surface area contributed by atoms with Gasteiger partial charge in [0.2, 0.25) is 0 Å². The lowest BCUT2D eigenvalue weighted by molar-refractivity contribution is 0.881. The minimum atomic E-state index is 0.465. The van der Waals surface area contributed by atoms with Gasteiger partial charge in [-0.3, -0.25) is 0 Å². The predicted octanol–water partition coefficient (Wildman–Crippen LogP) is 0.364. The minimum absolute atomic E-state index is 0.465. The Morgan fingerprint density at radius 2 is 2.29 bits per heavy atom. The molecule has 0 saturated heterocycles. The van der Waals surface area contributed by atoms with Gasteiger partial charge in [0, 0.05) is 0 Å². The molecule has 0 bridgehead atoms. The van der Waals surface area contributed by atoms with Crippen molar-refractivity contribution < 1.29 is 0 Å². The molecule has 0 spiro atoms. The zero-order valence-electron chi connectivity index (χ0n) is 6.98. The zero-order chi connectivity index (χ0) is 9.80. The van der Waals surface area contributed by atoms with E-state index in [1.54, 1.807) is 12.4 Å². The Kier molecular flexibility index (Phi) is 2.63. The van der Waals surface area contributed by atoms with Crippen LogP contribution >= 0.6 is 15.9 Å². The molecule has 0 amide bonds. The Morgan fingerprint density at radius 1 is 1.36 bits per heavy atom. The summed E-state index contributed by atoms with van der Waals surface area (Å²) in [6.45, 7) is 0.465. The number of H-pyrrole nitrogens is 1. The molecule has 0 unspecified atom stereocenters. The first-order chi connectivity index (χ1) is 6.84. The second kappa shape index (κ2) is 4.09. The Hall–Kier alpha value is -1.57. The predicted molar refractivity (Wildman–Crippen MR) is 51.2 cm³/mol. The Bertz CT molecular complexity index is 383. The molecule has 0 radical (unpaired) electrons. The molecule has 72 valence electrons. The van der Waals surface area contributed by atoms with Crippen LogP contribution in [0, 0.1) is 0 Å². The van der Waals surface area contributed by atoms with Gasteiger partial charge in [-0.25, -0.2) is 9.97 Å². The first kappa shape index (κ1) is 9.00. The highest BCUT2D eigenvalue weighted by molar-refractivity contribution is 9.10. The monoisotopic (exact) mass is 255 g/mol. The van der Waals surface area contributed by atoms with Gasteiger partial charge >= 0.3 is 0 Å². The number of aromatic amines is 1. The number of hydrogen-bond acceptors (Lipinski definition) is 6. The van der Waals surface area contributed by atoms with E-state index in [1.165, 1.54) is 0 Å². The third-order valence-corrected chi connectivity index (χ3v) is 1.85. The maximum Gasteiger partial charge on any atom is 0.193 e. The summed E-state index contributed by atoms with van der Waals surface area (Å²) >= 11 is 3.19. The summed E-state index contributed by atoms with van der Waals surface area (Å²) in [7, 11) is 0. The van der Waals surface area contributed by atoms with Gasteiger partial charge in [-0.15, -0.1) is 10.2 Å². The number of halogens is 1. The second-order valence-electron chi connectivity index (χ2n) is 2.41. The number of aromatic nitrogens is 6. The summed E-state index contributed by atoms with van der Waals surface area (Å²) in [5.74, 6) is 1.24. The number of hydrogen-bond donors (Lipinski definition) is 2. The molecule has 2 N–H and O–H groups in total. The lowest BCUT2D eigenvalue weighted by Crippen LogP contribution is -2.03. The Morgan fingerprint density at radius 3 is 2.93 bits per heavy atom. The fraction of sp³-hybridized carbons (Fsp3) is 0.167. The number of anilines is 1. The van der Waals surface area contributed by atoms with Crippen LogP contribution in [0.3, 0.4) is 0 Å². The summed E-state index contributed by atoms with van der Waals surface area (Å²) in [6.07, 6.45) is 3.22. The molecule has 0 aromatic carbocycles. The van der Waals surface area contributed by atoms with E-state index in [-0.39, 0.29) is 0 Å². The SMILES string of the molecule is Brc1cnc(NCc2nn[nH]n2)cn1. The fourth-order valence-electron chi connectivity index (χ4n) is 0.831. The van der Waals surface area contributed by atoms with Crippen LogP contribution in [0.2, 0.25) is 0 Å². The molecule has 2 heterocycles. The van der Waals surface area contributed by atoms with Gasteiger partial charge in [0.25, 0.3) is 0 Å². The van der Waals surface area contributed by atoms with Gasteiger partial charge in [-0.05, 0) is 15.9 Å². The lowest BCUT2D eigenvalue weighted by Gasteiger charge is -2.00. The largest absolute Gasteiger partial charge is 0.361 e. The molecule has 0 saturated carbocycles. The second-order valence-corrected chi connectivity index (χ2v) is 3.22. The van der Waals surface area contributed by atoms with Crippen LogP contribution in [0.4, 0.5) is 5.82 Å². The Labute approximate surface area is 87.5 Å². The van der Waals surface area contributed by atoms with E-state index in [1.807, 2.05) is 0 Å². The van der Waals surface area contributed by atoms with Crippen LogP contribution in [0.15, 0.2) is 17.0 Å². The molecule has 7 nitrogen and oxygen atoms in total.